The Hall–Kier alpha value is -1.00. The largest absolute Gasteiger partial charge is 0.392 e. The zero-order valence-corrected chi connectivity index (χ0v) is 12.8. The lowest BCUT2D eigenvalue weighted by Gasteiger charge is -2.26. The lowest BCUT2D eigenvalue weighted by Crippen LogP contribution is -2.38. The van der Waals surface area contributed by atoms with Gasteiger partial charge in [-0.3, -0.25) is 4.79 Å². The molecule has 1 aromatic carbocycles. The standard InChI is InChI=1S/C16H23NO2S/c1-12-2-6-14(7-3-12)17-16(19)11-20-15-8-4-13(10-18)5-9-15/h4-5,8-9,12,14,18H,2-3,6-7,10-11H2,1H3,(H,17,19). The number of carbonyl (C=O) groups is 1. The van der Waals surface area contributed by atoms with Crippen LogP contribution in [0.15, 0.2) is 29.2 Å². The van der Waals surface area contributed by atoms with Gasteiger partial charge in [-0.1, -0.05) is 19.1 Å². The molecular weight excluding hydrogens is 270 g/mol. The molecule has 0 spiro atoms. The fourth-order valence-corrected chi connectivity index (χ4v) is 3.22. The molecule has 0 saturated heterocycles. The zero-order chi connectivity index (χ0) is 14.4. The Morgan fingerprint density at radius 3 is 2.50 bits per heavy atom. The van der Waals surface area contributed by atoms with Gasteiger partial charge < -0.3 is 10.4 Å². The van der Waals surface area contributed by atoms with Crippen LogP contribution in [0.1, 0.15) is 38.2 Å². The quantitative estimate of drug-likeness (QED) is 0.821. The summed E-state index contributed by atoms with van der Waals surface area (Å²) in [5.74, 6) is 1.40. The molecule has 1 amide bonds. The maximum absolute atomic E-state index is 11.9. The lowest BCUT2D eigenvalue weighted by atomic mass is 9.87. The number of benzene rings is 1. The number of nitrogens with one attached hydrogen (secondary N) is 1. The number of thioether (sulfide) groups is 1. The Bertz CT molecular complexity index is 425. The number of amides is 1. The van der Waals surface area contributed by atoms with Gasteiger partial charge in [0.05, 0.1) is 12.4 Å². The van der Waals surface area contributed by atoms with Crippen LogP contribution >= 0.6 is 11.8 Å². The van der Waals surface area contributed by atoms with Crippen LogP contribution in [-0.4, -0.2) is 22.8 Å². The summed E-state index contributed by atoms with van der Waals surface area (Å²) in [5.41, 5.74) is 0.898. The van der Waals surface area contributed by atoms with Crippen LogP contribution in [0.25, 0.3) is 0 Å². The van der Waals surface area contributed by atoms with Crippen molar-refractivity contribution in [2.45, 2.75) is 50.2 Å². The van der Waals surface area contributed by atoms with E-state index < -0.39 is 0 Å². The Morgan fingerprint density at radius 2 is 1.90 bits per heavy atom. The van der Waals surface area contributed by atoms with Crippen LogP contribution in [0.2, 0.25) is 0 Å². The highest BCUT2D eigenvalue weighted by Crippen LogP contribution is 2.24. The monoisotopic (exact) mass is 293 g/mol. The van der Waals surface area contributed by atoms with Gasteiger partial charge in [0, 0.05) is 10.9 Å². The maximum Gasteiger partial charge on any atom is 0.230 e. The first kappa shape index (κ1) is 15.4. The van der Waals surface area contributed by atoms with Crippen LogP contribution in [0, 0.1) is 5.92 Å². The summed E-state index contributed by atoms with van der Waals surface area (Å²) in [6.07, 6.45) is 4.67. The smallest absolute Gasteiger partial charge is 0.230 e. The number of rotatable bonds is 5. The van der Waals surface area contributed by atoms with Gasteiger partial charge in [-0.25, -0.2) is 0 Å². The van der Waals surface area contributed by atoms with E-state index >= 15 is 0 Å². The van der Waals surface area contributed by atoms with Gasteiger partial charge in [0.1, 0.15) is 0 Å². The molecule has 1 aliphatic carbocycles. The summed E-state index contributed by atoms with van der Waals surface area (Å²) in [4.78, 5) is 13.0. The van der Waals surface area contributed by atoms with E-state index in [1.807, 2.05) is 24.3 Å². The number of hydrogen-bond donors (Lipinski definition) is 2. The van der Waals surface area contributed by atoms with Crippen LogP contribution in [0.4, 0.5) is 0 Å². The molecule has 0 heterocycles. The lowest BCUT2D eigenvalue weighted by molar-refractivity contribution is -0.119. The van der Waals surface area contributed by atoms with Crippen molar-refractivity contribution in [2.24, 2.45) is 5.92 Å². The molecule has 110 valence electrons. The molecule has 1 aromatic rings. The van der Waals surface area contributed by atoms with Crippen LogP contribution in [0.3, 0.4) is 0 Å². The van der Waals surface area contributed by atoms with Crippen LogP contribution < -0.4 is 5.32 Å². The van der Waals surface area contributed by atoms with Gasteiger partial charge in [-0.15, -0.1) is 11.8 Å². The molecule has 20 heavy (non-hydrogen) atoms. The van der Waals surface area contributed by atoms with Crippen LogP contribution in [0.5, 0.6) is 0 Å². The predicted octanol–water partition coefficient (Wildman–Crippen LogP) is 2.97. The summed E-state index contributed by atoms with van der Waals surface area (Å²) in [6, 6.07) is 8.05. The highest BCUT2D eigenvalue weighted by atomic mass is 32.2. The second kappa shape index (κ2) is 7.70. The van der Waals surface area contributed by atoms with Gasteiger partial charge in [-0.2, -0.15) is 0 Å². The van der Waals surface area contributed by atoms with E-state index in [-0.39, 0.29) is 12.5 Å². The molecule has 0 aliphatic heterocycles. The minimum absolute atomic E-state index is 0.0610. The summed E-state index contributed by atoms with van der Waals surface area (Å²) in [7, 11) is 0. The van der Waals surface area contributed by atoms with Crippen molar-refractivity contribution in [3.05, 3.63) is 29.8 Å². The van der Waals surface area contributed by atoms with Gasteiger partial charge in [0.15, 0.2) is 0 Å². The molecule has 1 fully saturated rings. The first-order valence-corrected chi connectivity index (χ1v) is 8.28. The van der Waals surface area contributed by atoms with Crippen molar-refractivity contribution in [3.63, 3.8) is 0 Å². The molecule has 0 aromatic heterocycles. The van der Waals surface area contributed by atoms with E-state index in [2.05, 4.69) is 12.2 Å². The van der Waals surface area contributed by atoms with E-state index in [0.717, 1.165) is 29.2 Å². The molecule has 0 atom stereocenters. The second-order valence-electron chi connectivity index (χ2n) is 5.62. The van der Waals surface area contributed by atoms with Crippen molar-refractivity contribution in [2.75, 3.05) is 5.75 Å². The molecule has 0 radical (unpaired) electrons. The average Bonchev–Trinajstić information content (AvgIpc) is 2.48. The Kier molecular flexibility index (Phi) is 5.92. The van der Waals surface area contributed by atoms with Gasteiger partial charge in [0.2, 0.25) is 5.91 Å². The third kappa shape index (κ3) is 4.84. The van der Waals surface area contributed by atoms with Crippen molar-refractivity contribution in [1.29, 1.82) is 0 Å². The minimum atomic E-state index is 0.0610. The molecule has 0 bridgehead atoms. The summed E-state index contributed by atoms with van der Waals surface area (Å²) < 4.78 is 0. The fraction of sp³-hybridized carbons (Fsp3) is 0.562. The van der Waals surface area contributed by atoms with Crippen molar-refractivity contribution in [3.8, 4) is 0 Å². The third-order valence-electron chi connectivity index (χ3n) is 3.86. The highest BCUT2D eigenvalue weighted by Gasteiger charge is 2.19. The molecule has 2 rings (SSSR count). The van der Waals surface area contributed by atoms with Crippen molar-refractivity contribution in [1.82, 2.24) is 5.32 Å². The first-order valence-electron chi connectivity index (χ1n) is 7.29. The fourth-order valence-electron chi connectivity index (χ4n) is 2.51. The van der Waals surface area contributed by atoms with Crippen LogP contribution in [-0.2, 0) is 11.4 Å². The first-order chi connectivity index (χ1) is 9.67. The third-order valence-corrected chi connectivity index (χ3v) is 4.87. The molecular formula is C16H23NO2S. The van der Waals surface area contributed by atoms with E-state index in [1.165, 1.54) is 12.8 Å². The van der Waals surface area contributed by atoms with E-state index in [1.54, 1.807) is 11.8 Å². The Morgan fingerprint density at radius 1 is 1.25 bits per heavy atom. The highest BCUT2D eigenvalue weighted by molar-refractivity contribution is 8.00. The molecule has 1 aliphatic rings. The van der Waals surface area contributed by atoms with E-state index in [0.29, 0.717) is 11.8 Å². The van der Waals surface area contributed by atoms with Gasteiger partial charge in [0.25, 0.3) is 0 Å². The zero-order valence-electron chi connectivity index (χ0n) is 12.0. The predicted molar refractivity (Wildman–Crippen MR) is 82.7 cm³/mol. The van der Waals surface area contributed by atoms with E-state index in [9.17, 15) is 4.79 Å². The SMILES string of the molecule is CC1CCC(NC(=O)CSc2ccc(CO)cc2)CC1. The Balaban J connectivity index is 1.71. The maximum atomic E-state index is 11.9. The molecule has 3 nitrogen and oxygen atoms in total. The normalized spacial score (nSPS) is 22.5. The molecule has 2 N–H and O–H groups in total. The summed E-state index contributed by atoms with van der Waals surface area (Å²) in [5, 5.41) is 12.1. The number of carbonyl (C=O) groups excluding carboxylic acids is 1. The van der Waals surface area contributed by atoms with Gasteiger partial charge >= 0.3 is 0 Å². The number of aliphatic hydroxyl groups is 1. The number of aliphatic hydroxyl groups excluding tert-OH is 1. The molecule has 0 unspecified atom stereocenters. The van der Waals surface area contributed by atoms with E-state index in [4.69, 9.17) is 5.11 Å². The topological polar surface area (TPSA) is 49.3 Å². The van der Waals surface area contributed by atoms with Crippen molar-refractivity contribution < 1.29 is 9.90 Å². The van der Waals surface area contributed by atoms with Gasteiger partial charge in [-0.05, 0) is 49.3 Å². The molecule has 1 saturated carbocycles. The summed E-state index contributed by atoms with van der Waals surface area (Å²) >= 11 is 1.54. The second-order valence-corrected chi connectivity index (χ2v) is 6.66. The molecule has 4 heteroatoms. The minimum Gasteiger partial charge on any atom is -0.392 e. The Labute approximate surface area is 125 Å². The van der Waals surface area contributed by atoms with Crippen molar-refractivity contribution >= 4 is 17.7 Å². The number of hydrogen-bond acceptors (Lipinski definition) is 3. The summed E-state index contributed by atoms with van der Waals surface area (Å²) in [6.45, 7) is 2.34. The average molecular weight is 293 g/mol.